The Balaban J connectivity index is 3.90. The van der Waals surface area contributed by atoms with Crippen LogP contribution in [0.15, 0.2) is 0 Å². The molecular formula is C9H18O3S. The lowest BCUT2D eigenvalue weighted by molar-refractivity contribution is -0.139. The molecule has 2 unspecified atom stereocenters. The van der Waals surface area contributed by atoms with E-state index in [1.165, 1.54) is 7.11 Å². The lowest BCUT2D eigenvalue weighted by atomic mass is 10.2. The van der Waals surface area contributed by atoms with Crippen LogP contribution in [0.1, 0.15) is 27.2 Å². The van der Waals surface area contributed by atoms with Gasteiger partial charge >= 0.3 is 5.97 Å². The number of carbonyl (C=O) groups excluding carboxylic acids is 1. The molecule has 0 saturated heterocycles. The summed E-state index contributed by atoms with van der Waals surface area (Å²) in [4.78, 5) is 11.0. The van der Waals surface area contributed by atoms with Crippen molar-refractivity contribution in [3.63, 3.8) is 0 Å². The largest absolute Gasteiger partial charge is 0.468 e. The van der Waals surface area contributed by atoms with E-state index in [0.29, 0.717) is 11.7 Å². The smallest absolute Gasteiger partial charge is 0.321 e. The van der Waals surface area contributed by atoms with E-state index >= 15 is 0 Å². The zero-order chi connectivity index (χ0) is 10.4. The average Bonchev–Trinajstić information content (AvgIpc) is 2.11. The van der Waals surface area contributed by atoms with Crippen LogP contribution in [0.25, 0.3) is 0 Å². The van der Waals surface area contributed by atoms with Crippen molar-refractivity contribution < 1.29 is 13.7 Å². The number of rotatable bonds is 5. The molecule has 0 aromatic heterocycles. The van der Waals surface area contributed by atoms with Gasteiger partial charge in [0.15, 0.2) is 0 Å². The minimum absolute atomic E-state index is 0.387. The van der Waals surface area contributed by atoms with Crippen molar-refractivity contribution in [2.45, 2.75) is 32.4 Å². The zero-order valence-corrected chi connectivity index (χ0v) is 9.52. The molecule has 0 heterocycles. The molecule has 3 nitrogen and oxygen atoms in total. The maximum absolute atomic E-state index is 11.5. The molecule has 0 aliphatic rings. The first kappa shape index (κ1) is 12.6. The summed E-state index contributed by atoms with van der Waals surface area (Å²) in [6.07, 6.45) is 0.883. The molecule has 2 atom stereocenters. The van der Waals surface area contributed by atoms with Crippen LogP contribution in [0.3, 0.4) is 0 Å². The topological polar surface area (TPSA) is 43.4 Å². The van der Waals surface area contributed by atoms with Crippen molar-refractivity contribution in [1.29, 1.82) is 0 Å². The molecule has 13 heavy (non-hydrogen) atoms. The standard InChI is InChI=1S/C9H18O3S/c1-7(2)5-6-13(11)8(3)9(10)12-4/h7-8H,5-6H2,1-4H3. The average molecular weight is 206 g/mol. The lowest BCUT2D eigenvalue weighted by Gasteiger charge is -2.09. The van der Waals surface area contributed by atoms with Gasteiger partial charge in [-0.2, -0.15) is 0 Å². The predicted octanol–water partition coefficient (Wildman–Crippen LogP) is 1.34. The van der Waals surface area contributed by atoms with Crippen molar-refractivity contribution in [1.82, 2.24) is 0 Å². The van der Waals surface area contributed by atoms with Crippen molar-refractivity contribution >= 4 is 16.8 Å². The Labute approximate surface area is 82.3 Å². The van der Waals surface area contributed by atoms with Gasteiger partial charge in [-0.05, 0) is 19.3 Å². The second-order valence-electron chi connectivity index (χ2n) is 3.43. The fourth-order valence-electron chi connectivity index (χ4n) is 0.802. The number of carbonyl (C=O) groups is 1. The third kappa shape index (κ3) is 5.03. The van der Waals surface area contributed by atoms with Gasteiger partial charge < -0.3 is 4.74 Å². The van der Waals surface area contributed by atoms with Crippen LogP contribution in [0.5, 0.6) is 0 Å². The Kier molecular flexibility index (Phi) is 5.95. The molecule has 0 radical (unpaired) electrons. The summed E-state index contributed by atoms with van der Waals surface area (Å²) in [5, 5.41) is -0.497. The van der Waals surface area contributed by atoms with Gasteiger partial charge in [-0.3, -0.25) is 9.00 Å². The second-order valence-corrected chi connectivity index (χ2v) is 5.31. The van der Waals surface area contributed by atoms with Crippen LogP contribution in [-0.2, 0) is 20.3 Å². The normalized spacial score (nSPS) is 15.5. The SMILES string of the molecule is COC(=O)C(C)S(=O)CCC(C)C. The molecule has 0 spiro atoms. The Morgan fingerprint density at radius 3 is 2.31 bits per heavy atom. The van der Waals surface area contributed by atoms with Gasteiger partial charge in [-0.15, -0.1) is 0 Å². The van der Waals surface area contributed by atoms with E-state index in [4.69, 9.17) is 0 Å². The van der Waals surface area contributed by atoms with E-state index in [9.17, 15) is 9.00 Å². The quantitative estimate of drug-likeness (QED) is 0.638. The van der Waals surface area contributed by atoms with E-state index in [1.807, 2.05) is 0 Å². The van der Waals surface area contributed by atoms with Crippen molar-refractivity contribution in [3.8, 4) is 0 Å². The van der Waals surface area contributed by atoms with E-state index in [2.05, 4.69) is 18.6 Å². The van der Waals surface area contributed by atoms with Crippen LogP contribution >= 0.6 is 0 Å². The molecular weight excluding hydrogens is 188 g/mol. The highest BCUT2D eigenvalue weighted by Gasteiger charge is 2.20. The third-order valence-corrected chi connectivity index (χ3v) is 3.44. The molecule has 0 aliphatic heterocycles. The fourth-order valence-corrected chi connectivity index (χ4v) is 2.17. The first-order chi connectivity index (χ1) is 5.99. The maximum Gasteiger partial charge on any atom is 0.321 e. The van der Waals surface area contributed by atoms with Gasteiger partial charge in [0.1, 0.15) is 5.25 Å². The highest BCUT2D eigenvalue weighted by Crippen LogP contribution is 2.05. The molecule has 4 heteroatoms. The number of hydrogen-bond donors (Lipinski definition) is 0. The summed E-state index contributed by atoms with van der Waals surface area (Å²) in [7, 11) is 0.228. The van der Waals surface area contributed by atoms with E-state index in [-0.39, 0.29) is 5.97 Å². The van der Waals surface area contributed by atoms with Crippen LogP contribution in [0.2, 0.25) is 0 Å². The molecule has 0 aromatic rings. The molecule has 0 aromatic carbocycles. The molecule has 0 aliphatic carbocycles. The van der Waals surface area contributed by atoms with Crippen molar-refractivity contribution in [3.05, 3.63) is 0 Å². The molecule has 0 rings (SSSR count). The summed E-state index contributed by atoms with van der Waals surface area (Å²) in [5.74, 6) is 0.712. The fraction of sp³-hybridized carbons (Fsp3) is 0.889. The Morgan fingerprint density at radius 2 is 1.92 bits per heavy atom. The monoisotopic (exact) mass is 206 g/mol. The van der Waals surface area contributed by atoms with Gasteiger partial charge in [0.2, 0.25) is 0 Å². The summed E-state index contributed by atoms with van der Waals surface area (Å²) < 4.78 is 16.0. The summed E-state index contributed by atoms with van der Waals surface area (Å²) in [5.41, 5.74) is 0. The van der Waals surface area contributed by atoms with Crippen molar-refractivity contribution in [2.24, 2.45) is 5.92 Å². The van der Waals surface area contributed by atoms with E-state index in [0.717, 1.165) is 6.42 Å². The minimum atomic E-state index is -1.09. The minimum Gasteiger partial charge on any atom is -0.468 e. The number of hydrogen-bond acceptors (Lipinski definition) is 3. The predicted molar refractivity (Wildman–Crippen MR) is 53.9 cm³/mol. The Hall–Kier alpha value is -0.380. The Bertz CT molecular complexity index is 189. The highest BCUT2D eigenvalue weighted by molar-refractivity contribution is 7.86. The van der Waals surface area contributed by atoms with Gasteiger partial charge in [-0.25, -0.2) is 0 Å². The first-order valence-electron chi connectivity index (χ1n) is 4.44. The first-order valence-corrected chi connectivity index (χ1v) is 5.82. The van der Waals surface area contributed by atoms with E-state index in [1.54, 1.807) is 6.92 Å². The lowest BCUT2D eigenvalue weighted by Crippen LogP contribution is -2.25. The van der Waals surface area contributed by atoms with Gasteiger partial charge in [0.05, 0.1) is 7.11 Å². The number of ether oxygens (including phenoxy) is 1. The van der Waals surface area contributed by atoms with Crippen LogP contribution < -0.4 is 0 Å². The van der Waals surface area contributed by atoms with Gasteiger partial charge in [-0.1, -0.05) is 13.8 Å². The molecule has 0 bridgehead atoms. The summed E-state index contributed by atoms with van der Waals surface area (Å²) in [6, 6.07) is 0. The summed E-state index contributed by atoms with van der Waals surface area (Å²) in [6.45, 7) is 5.78. The van der Waals surface area contributed by atoms with Crippen LogP contribution in [0, 0.1) is 5.92 Å². The van der Waals surface area contributed by atoms with Gasteiger partial charge in [0, 0.05) is 16.6 Å². The van der Waals surface area contributed by atoms with Gasteiger partial charge in [0.25, 0.3) is 0 Å². The molecule has 78 valence electrons. The highest BCUT2D eigenvalue weighted by atomic mass is 32.2. The molecule has 0 fully saturated rings. The zero-order valence-electron chi connectivity index (χ0n) is 8.70. The van der Waals surface area contributed by atoms with Crippen molar-refractivity contribution in [2.75, 3.05) is 12.9 Å². The van der Waals surface area contributed by atoms with Crippen LogP contribution in [-0.4, -0.2) is 28.3 Å². The summed E-state index contributed by atoms with van der Waals surface area (Å²) >= 11 is 0. The second kappa shape index (κ2) is 6.13. The number of methoxy groups -OCH3 is 1. The molecule has 0 saturated carbocycles. The van der Waals surface area contributed by atoms with Crippen LogP contribution in [0.4, 0.5) is 0 Å². The number of esters is 1. The molecule has 0 amide bonds. The Morgan fingerprint density at radius 1 is 1.38 bits per heavy atom. The third-order valence-electron chi connectivity index (χ3n) is 1.82. The maximum atomic E-state index is 11.5. The molecule has 0 N–H and O–H groups in total. The van der Waals surface area contributed by atoms with E-state index < -0.39 is 16.0 Å².